The first kappa shape index (κ1) is 10.4. The maximum atomic E-state index is 5.66. The topological polar surface area (TPSA) is 55.0 Å². The maximum Gasteiger partial charge on any atom is 0.220 e. The first-order chi connectivity index (χ1) is 7.15. The van der Waals surface area contributed by atoms with Crippen LogP contribution in [0.15, 0.2) is 6.07 Å². The Morgan fingerprint density at radius 3 is 2.60 bits per heavy atom. The summed E-state index contributed by atoms with van der Waals surface area (Å²) >= 11 is 0. The summed E-state index contributed by atoms with van der Waals surface area (Å²) in [5, 5.41) is 0. The van der Waals surface area contributed by atoms with Crippen molar-refractivity contribution in [3.05, 3.63) is 17.5 Å². The van der Waals surface area contributed by atoms with Crippen molar-refractivity contribution >= 4 is 5.95 Å². The third-order valence-corrected chi connectivity index (χ3v) is 3.03. The van der Waals surface area contributed by atoms with Crippen LogP contribution in [0.5, 0.6) is 0 Å². The number of rotatable bonds is 1. The molecular weight excluding hydrogens is 188 g/mol. The maximum absolute atomic E-state index is 5.66. The van der Waals surface area contributed by atoms with Crippen molar-refractivity contribution in [2.24, 2.45) is 0 Å². The molecule has 1 aromatic rings. The highest BCUT2D eigenvalue weighted by molar-refractivity contribution is 5.24. The Labute approximate surface area is 90.5 Å². The van der Waals surface area contributed by atoms with Crippen molar-refractivity contribution in [1.82, 2.24) is 14.9 Å². The molecule has 1 aromatic heterocycles. The SMILES string of the molecule is Cc1cc(C2CCN(C)CC2)nc(N)n1. The molecule has 15 heavy (non-hydrogen) atoms. The normalized spacial score (nSPS) is 19.3. The quantitative estimate of drug-likeness (QED) is 0.749. The molecule has 1 aliphatic heterocycles. The van der Waals surface area contributed by atoms with E-state index >= 15 is 0 Å². The van der Waals surface area contributed by atoms with Crippen molar-refractivity contribution in [2.75, 3.05) is 25.9 Å². The number of nitrogens with two attached hydrogens (primary N) is 1. The van der Waals surface area contributed by atoms with Crippen molar-refractivity contribution in [3.63, 3.8) is 0 Å². The van der Waals surface area contributed by atoms with Crippen LogP contribution in [-0.2, 0) is 0 Å². The predicted octanol–water partition coefficient (Wildman–Crippen LogP) is 1.18. The molecule has 0 saturated carbocycles. The summed E-state index contributed by atoms with van der Waals surface area (Å²) in [7, 11) is 2.16. The van der Waals surface area contributed by atoms with Crippen LogP contribution < -0.4 is 5.73 Å². The molecule has 0 aliphatic carbocycles. The van der Waals surface area contributed by atoms with E-state index in [4.69, 9.17) is 5.73 Å². The van der Waals surface area contributed by atoms with Crippen LogP contribution in [-0.4, -0.2) is 35.0 Å². The van der Waals surface area contributed by atoms with Gasteiger partial charge < -0.3 is 10.6 Å². The number of nitrogen functional groups attached to an aromatic ring is 1. The second-order valence-electron chi connectivity index (χ2n) is 4.37. The van der Waals surface area contributed by atoms with Gasteiger partial charge >= 0.3 is 0 Å². The molecule has 0 bridgehead atoms. The molecule has 82 valence electrons. The zero-order valence-electron chi connectivity index (χ0n) is 9.40. The van der Waals surface area contributed by atoms with Crippen molar-refractivity contribution in [3.8, 4) is 0 Å². The molecule has 1 fully saturated rings. The molecule has 2 heterocycles. The molecule has 2 rings (SSSR count). The fourth-order valence-corrected chi connectivity index (χ4v) is 2.13. The number of nitrogens with zero attached hydrogens (tertiary/aromatic N) is 3. The van der Waals surface area contributed by atoms with E-state index in [1.807, 2.05) is 6.92 Å². The summed E-state index contributed by atoms with van der Waals surface area (Å²) in [6, 6.07) is 2.06. The predicted molar refractivity (Wildman–Crippen MR) is 60.7 cm³/mol. The van der Waals surface area contributed by atoms with Gasteiger partial charge in [0.1, 0.15) is 0 Å². The summed E-state index contributed by atoms with van der Waals surface area (Å²) in [6.45, 7) is 4.26. The average Bonchev–Trinajstić information content (AvgIpc) is 2.17. The van der Waals surface area contributed by atoms with Crippen LogP contribution in [0.3, 0.4) is 0 Å². The van der Waals surface area contributed by atoms with Gasteiger partial charge in [0.15, 0.2) is 0 Å². The number of aryl methyl sites for hydroxylation is 1. The number of hydrogen-bond acceptors (Lipinski definition) is 4. The van der Waals surface area contributed by atoms with E-state index in [1.165, 1.54) is 12.8 Å². The van der Waals surface area contributed by atoms with Crippen molar-refractivity contribution < 1.29 is 0 Å². The van der Waals surface area contributed by atoms with Crippen LogP contribution in [0, 0.1) is 6.92 Å². The van der Waals surface area contributed by atoms with Gasteiger partial charge in [-0.05, 0) is 46.0 Å². The van der Waals surface area contributed by atoms with Gasteiger partial charge in [0.25, 0.3) is 0 Å². The first-order valence-electron chi connectivity index (χ1n) is 5.45. The highest BCUT2D eigenvalue weighted by Crippen LogP contribution is 2.26. The molecule has 0 aromatic carbocycles. The van der Waals surface area contributed by atoms with Crippen LogP contribution in [0.1, 0.15) is 30.1 Å². The van der Waals surface area contributed by atoms with Crippen LogP contribution in [0.4, 0.5) is 5.95 Å². The molecule has 2 N–H and O–H groups in total. The van der Waals surface area contributed by atoms with Gasteiger partial charge in [0.05, 0.1) is 0 Å². The highest BCUT2D eigenvalue weighted by Gasteiger charge is 2.19. The zero-order chi connectivity index (χ0) is 10.8. The lowest BCUT2D eigenvalue weighted by Gasteiger charge is -2.28. The second-order valence-corrected chi connectivity index (χ2v) is 4.37. The molecule has 4 heteroatoms. The molecule has 0 amide bonds. The lowest BCUT2D eigenvalue weighted by Crippen LogP contribution is -2.29. The molecule has 0 spiro atoms. The minimum absolute atomic E-state index is 0.406. The lowest BCUT2D eigenvalue weighted by atomic mass is 9.93. The Kier molecular flexibility index (Phi) is 2.86. The Morgan fingerprint density at radius 2 is 2.00 bits per heavy atom. The van der Waals surface area contributed by atoms with E-state index in [9.17, 15) is 0 Å². The van der Waals surface area contributed by atoms with Gasteiger partial charge in [0.2, 0.25) is 5.95 Å². The van der Waals surface area contributed by atoms with Crippen molar-refractivity contribution in [2.45, 2.75) is 25.7 Å². The van der Waals surface area contributed by atoms with Gasteiger partial charge in [-0.15, -0.1) is 0 Å². The first-order valence-corrected chi connectivity index (χ1v) is 5.45. The summed E-state index contributed by atoms with van der Waals surface area (Å²) < 4.78 is 0. The zero-order valence-corrected chi connectivity index (χ0v) is 9.40. The number of aromatic nitrogens is 2. The van der Waals surface area contributed by atoms with Gasteiger partial charge in [0, 0.05) is 17.3 Å². The van der Waals surface area contributed by atoms with Gasteiger partial charge in [-0.2, -0.15) is 0 Å². The van der Waals surface area contributed by atoms with E-state index in [0.717, 1.165) is 24.5 Å². The van der Waals surface area contributed by atoms with Gasteiger partial charge in [-0.25, -0.2) is 9.97 Å². The molecule has 1 saturated heterocycles. The van der Waals surface area contributed by atoms with E-state index in [1.54, 1.807) is 0 Å². The smallest absolute Gasteiger partial charge is 0.220 e. The largest absolute Gasteiger partial charge is 0.368 e. The van der Waals surface area contributed by atoms with E-state index in [2.05, 4.69) is 28.0 Å². The lowest BCUT2D eigenvalue weighted by molar-refractivity contribution is 0.253. The molecule has 4 nitrogen and oxygen atoms in total. The minimum Gasteiger partial charge on any atom is -0.368 e. The molecule has 0 atom stereocenters. The monoisotopic (exact) mass is 206 g/mol. The van der Waals surface area contributed by atoms with E-state index in [0.29, 0.717) is 11.9 Å². The van der Waals surface area contributed by atoms with Crippen LogP contribution in [0.2, 0.25) is 0 Å². The number of likely N-dealkylation sites (tertiary alicyclic amines) is 1. The summed E-state index contributed by atoms with van der Waals surface area (Å²) in [5.41, 5.74) is 7.75. The Balaban J connectivity index is 2.15. The number of hydrogen-bond donors (Lipinski definition) is 1. The van der Waals surface area contributed by atoms with E-state index in [-0.39, 0.29) is 0 Å². The van der Waals surface area contributed by atoms with E-state index < -0.39 is 0 Å². The second kappa shape index (κ2) is 4.14. The van der Waals surface area contributed by atoms with Gasteiger partial charge in [-0.3, -0.25) is 0 Å². The summed E-state index contributed by atoms with van der Waals surface area (Å²) in [6.07, 6.45) is 2.35. The fraction of sp³-hybridized carbons (Fsp3) is 0.636. The number of piperidine rings is 1. The summed E-state index contributed by atoms with van der Waals surface area (Å²) in [5.74, 6) is 0.967. The third-order valence-electron chi connectivity index (χ3n) is 3.03. The van der Waals surface area contributed by atoms with Crippen LogP contribution >= 0.6 is 0 Å². The Bertz CT molecular complexity index is 322. The molecule has 1 aliphatic rings. The minimum atomic E-state index is 0.406. The summed E-state index contributed by atoms with van der Waals surface area (Å²) in [4.78, 5) is 10.8. The molecular formula is C11H18N4. The number of anilines is 1. The Morgan fingerprint density at radius 1 is 1.33 bits per heavy atom. The third kappa shape index (κ3) is 2.45. The Hall–Kier alpha value is -1.16. The van der Waals surface area contributed by atoms with Crippen molar-refractivity contribution in [1.29, 1.82) is 0 Å². The van der Waals surface area contributed by atoms with Gasteiger partial charge in [-0.1, -0.05) is 0 Å². The standard InChI is InChI=1S/C11H18N4/c1-8-7-10(14-11(12)13-8)9-3-5-15(2)6-4-9/h7,9H,3-6H2,1-2H3,(H2,12,13,14). The highest BCUT2D eigenvalue weighted by atomic mass is 15.1. The molecule has 0 radical (unpaired) electrons. The average molecular weight is 206 g/mol. The fourth-order valence-electron chi connectivity index (χ4n) is 2.13. The van der Waals surface area contributed by atoms with Crippen LogP contribution in [0.25, 0.3) is 0 Å². The molecule has 0 unspecified atom stereocenters.